The van der Waals surface area contributed by atoms with E-state index in [2.05, 4.69) is 15.6 Å². The molecule has 0 spiro atoms. The molecule has 0 saturated carbocycles. The van der Waals surface area contributed by atoms with Crippen molar-refractivity contribution in [3.63, 3.8) is 0 Å². The summed E-state index contributed by atoms with van der Waals surface area (Å²) in [6, 6.07) is 0.128. The second-order valence-corrected chi connectivity index (χ2v) is 11.3. The maximum atomic E-state index is 12.7. The molecule has 10 heteroatoms. The molecular weight excluding hydrogens is 422 g/mol. The highest BCUT2D eigenvalue weighted by atomic mass is 32.2. The molecule has 1 amide bonds. The molecule has 2 heterocycles. The lowest BCUT2D eigenvalue weighted by atomic mass is 9.86. The number of hydrogen-bond donors (Lipinski definition) is 4. The van der Waals surface area contributed by atoms with Crippen molar-refractivity contribution in [2.45, 2.75) is 64.5 Å². The molecule has 1 fully saturated rings. The van der Waals surface area contributed by atoms with Crippen LogP contribution < -0.4 is 10.6 Å². The summed E-state index contributed by atoms with van der Waals surface area (Å²) in [5.74, 6) is -0.734. The van der Waals surface area contributed by atoms with Crippen molar-refractivity contribution >= 4 is 34.3 Å². The van der Waals surface area contributed by atoms with Crippen LogP contribution in [-0.4, -0.2) is 61.5 Å². The molecule has 1 aromatic rings. The minimum atomic E-state index is -0.970. The maximum absolute atomic E-state index is 12.7. The topological polar surface area (TPSA) is 124 Å². The van der Waals surface area contributed by atoms with Gasteiger partial charge in [0.1, 0.15) is 6.26 Å². The first-order valence-electron chi connectivity index (χ1n) is 9.93. The number of aliphatic hydroxyl groups is 1. The highest BCUT2D eigenvalue weighted by molar-refractivity contribution is 7.88. The quantitative estimate of drug-likeness (QED) is 0.271. The maximum Gasteiger partial charge on any atom is 0.246 e. The molecule has 168 valence electrons. The summed E-state index contributed by atoms with van der Waals surface area (Å²) in [6.45, 7) is 10.6. The number of nitrogens with one attached hydrogen (secondary N) is 3. The molecule has 0 bridgehead atoms. The molecule has 1 aliphatic heterocycles. The molecule has 0 aliphatic carbocycles. The molecule has 8 nitrogen and oxygen atoms in total. The largest absolute Gasteiger partial charge is 0.598 e. The van der Waals surface area contributed by atoms with Crippen LogP contribution in [-0.2, 0) is 21.6 Å². The van der Waals surface area contributed by atoms with Crippen molar-refractivity contribution in [1.82, 2.24) is 19.9 Å². The monoisotopic (exact) mass is 455 g/mol. The Hall–Kier alpha value is -1.46. The Morgan fingerprint density at radius 3 is 2.50 bits per heavy atom. The van der Waals surface area contributed by atoms with Crippen LogP contribution in [0.2, 0.25) is 0 Å². The number of nitrogens with zero attached hydrogens (tertiary/aromatic N) is 2. The smallest absolute Gasteiger partial charge is 0.246 e. The highest BCUT2D eigenvalue weighted by Gasteiger charge is 2.34. The van der Waals surface area contributed by atoms with Crippen LogP contribution in [0, 0.1) is 12.3 Å². The first kappa shape index (κ1) is 24.8. The van der Waals surface area contributed by atoms with Gasteiger partial charge in [-0.2, -0.15) is 0 Å². The SMILES string of the molecule is Cc1ncc(C(C)(C)C(=N)/C=C(\O)NC(=O)C(C)(C)NC2CCN([S+](C)[O-])CC2)s1. The van der Waals surface area contributed by atoms with Crippen LogP contribution in [0.3, 0.4) is 0 Å². The van der Waals surface area contributed by atoms with E-state index in [1.165, 1.54) is 17.4 Å². The number of carbonyl (C=O) groups is 1. The summed E-state index contributed by atoms with van der Waals surface area (Å²) < 4.78 is 13.5. The van der Waals surface area contributed by atoms with Gasteiger partial charge in [-0.15, -0.1) is 15.6 Å². The Labute approximate surface area is 186 Å². The number of piperidine rings is 1. The highest BCUT2D eigenvalue weighted by Crippen LogP contribution is 2.30. The molecule has 1 aliphatic rings. The van der Waals surface area contributed by atoms with Crippen LogP contribution in [0.5, 0.6) is 0 Å². The van der Waals surface area contributed by atoms with Gasteiger partial charge in [0.25, 0.3) is 0 Å². The van der Waals surface area contributed by atoms with E-state index in [9.17, 15) is 14.5 Å². The number of aliphatic hydroxyl groups excluding tert-OH is 1. The van der Waals surface area contributed by atoms with Crippen molar-refractivity contribution < 1.29 is 14.5 Å². The standard InChI is InChI=1S/C20H33N5O3S2/c1-13-22-12-16(29-13)19(2,3)15(21)11-17(26)23-18(27)20(4,5)24-14-7-9-25(10-8-14)30(6)28/h11-12,14,21,24,26H,7-10H2,1-6H3,(H,23,27)/b17-11-,21-15?. The zero-order chi connectivity index (χ0) is 22.7. The van der Waals surface area contributed by atoms with Gasteiger partial charge in [0.15, 0.2) is 5.88 Å². The Morgan fingerprint density at radius 1 is 1.40 bits per heavy atom. The van der Waals surface area contributed by atoms with Gasteiger partial charge in [0, 0.05) is 58.8 Å². The van der Waals surface area contributed by atoms with Gasteiger partial charge in [-0.3, -0.25) is 10.1 Å². The van der Waals surface area contributed by atoms with Crippen LogP contribution in [0.1, 0.15) is 50.4 Å². The van der Waals surface area contributed by atoms with Crippen molar-refractivity contribution in [1.29, 1.82) is 5.41 Å². The van der Waals surface area contributed by atoms with E-state index in [0.717, 1.165) is 22.7 Å². The first-order chi connectivity index (χ1) is 13.8. The summed E-state index contributed by atoms with van der Waals surface area (Å²) >= 11 is 0.537. The van der Waals surface area contributed by atoms with E-state index in [-0.39, 0.29) is 23.5 Å². The minimum Gasteiger partial charge on any atom is -0.598 e. The summed E-state index contributed by atoms with van der Waals surface area (Å²) in [5.41, 5.74) is -1.37. The second-order valence-electron chi connectivity index (χ2n) is 8.66. The lowest BCUT2D eigenvalue weighted by Gasteiger charge is -2.35. The molecule has 4 N–H and O–H groups in total. The van der Waals surface area contributed by atoms with Gasteiger partial charge in [0.05, 0.1) is 10.5 Å². The molecule has 0 radical (unpaired) electrons. The number of allylic oxidation sites excluding steroid dienone is 1. The van der Waals surface area contributed by atoms with E-state index in [0.29, 0.717) is 13.1 Å². The zero-order valence-electron chi connectivity index (χ0n) is 18.5. The third-order valence-electron chi connectivity index (χ3n) is 5.38. The predicted octanol–water partition coefficient (Wildman–Crippen LogP) is 2.39. The summed E-state index contributed by atoms with van der Waals surface area (Å²) in [7, 11) is 0. The molecule has 1 saturated heterocycles. The predicted molar refractivity (Wildman–Crippen MR) is 122 cm³/mol. The number of carbonyl (C=O) groups excluding carboxylic acids is 1. The van der Waals surface area contributed by atoms with E-state index in [1.54, 1.807) is 26.3 Å². The van der Waals surface area contributed by atoms with E-state index >= 15 is 0 Å². The summed E-state index contributed by atoms with van der Waals surface area (Å²) in [4.78, 5) is 17.9. The number of amides is 1. The number of rotatable bonds is 8. The molecule has 0 aromatic carbocycles. The molecule has 1 aromatic heterocycles. The van der Waals surface area contributed by atoms with Crippen molar-refractivity contribution in [3.8, 4) is 0 Å². The third kappa shape index (κ3) is 6.27. The normalized spacial score (nSPS) is 18.3. The third-order valence-corrected chi connectivity index (χ3v) is 7.71. The van der Waals surface area contributed by atoms with Gasteiger partial charge in [-0.25, -0.2) is 4.98 Å². The van der Waals surface area contributed by atoms with Crippen LogP contribution in [0.15, 0.2) is 18.2 Å². The lowest BCUT2D eigenvalue weighted by Crippen LogP contribution is -2.58. The van der Waals surface area contributed by atoms with Gasteiger partial charge in [0.2, 0.25) is 5.91 Å². The minimum absolute atomic E-state index is 0.128. The Morgan fingerprint density at radius 2 is 2.00 bits per heavy atom. The van der Waals surface area contributed by atoms with E-state index in [1.807, 2.05) is 25.1 Å². The number of thiazole rings is 1. The van der Waals surface area contributed by atoms with Gasteiger partial charge >= 0.3 is 0 Å². The fraction of sp³-hybridized carbons (Fsp3) is 0.650. The molecule has 1 unspecified atom stereocenters. The Bertz CT molecular complexity index is 796. The van der Waals surface area contributed by atoms with Crippen molar-refractivity contribution in [2.24, 2.45) is 0 Å². The van der Waals surface area contributed by atoms with Crippen molar-refractivity contribution in [3.05, 3.63) is 28.0 Å². The molecule has 2 rings (SSSR count). The number of aromatic nitrogens is 1. The Balaban J connectivity index is 1.95. The first-order valence-corrected chi connectivity index (χ1v) is 12.3. The van der Waals surface area contributed by atoms with Crippen molar-refractivity contribution in [2.75, 3.05) is 19.3 Å². The van der Waals surface area contributed by atoms with E-state index in [4.69, 9.17) is 5.41 Å². The van der Waals surface area contributed by atoms with Crippen LogP contribution >= 0.6 is 11.3 Å². The lowest BCUT2D eigenvalue weighted by molar-refractivity contribution is -0.126. The molecule has 1 atom stereocenters. The van der Waals surface area contributed by atoms with Gasteiger partial charge in [-0.1, -0.05) is 0 Å². The van der Waals surface area contributed by atoms with Crippen LogP contribution in [0.25, 0.3) is 0 Å². The zero-order valence-corrected chi connectivity index (χ0v) is 20.2. The van der Waals surface area contributed by atoms with Gasteiger partial charge in [-0.05, 0) is 47.5 Å². The van der Waals surface area contributed by atoms with E-state index < -0.39 is 22.3 Å². The average molecular weight is 456 g/mol. The average Bonchev–Trinajstić information content (AvgIpc) is 3.08. The number of aryl methyl sites for hydroxylation is 1. The van der Waals surface area contributed by atoms with Gasteiger partial charge < -0.3 is 20.4 Å². The molecular formula is C20H33N5O3S2. The molecule has 30 heavy (non-hydrogen) atoms. The fourth-order valence-electron chi connectivity index (χ4n) is 3.24. The van der Waals surface area contributed by atoms with Crippen LogP contribution in [0.4, 0.5) is 0 Å². The summed E-state index contributed by atoms with van der Waals surface area (Å²) in [6.07, 6.45) is 6.29. The Kier molecular flexibility index (Phi) is 8.09. The number of hydrogen-bond acceptors (Lipinski definition) is 8. The fourth-order valence-corrected chi connectivity index (χ4v) is 4.86. The second kappa shape index (κ2) is 9.78. The summed E-state index contributed by atoms with van der Waals surface area (Å²) in [5, 5.41) is 25.4.